The molecule has 3 heteroatoms. The van der Waals surface area contributed by atoms with Crippen molar-refractivity contribution in [2.24, 2.45) is 5.41 Å². The number of hydrogen-bond donors (Lipinski definition) is 1. The van der Waals surface area contributed by atoms with Crippen LogP contribution < -0.4 is 4.74 Å². The zero-order chi connectivity index (χ0) is 11.8. The lowest BCUT2D eigenvalue weighted by Gasteiger charge is -2.19. The van der Waals surface area contributed by atoms with Crippen molar-refractivity contribution in [2.75, 3.05) is 7.11 Å². The Kier molecular flexibility index (Phi) is 3.27. The molecule has 1 aromatic rings. The molecule has 0 radical (unpaired) electrons. The number of ether oxygens (including phenoxy) is 1. The minimum atomic E-state index is -0.231. The van der Waals surface area contributed by atoms with E-state index in [4.69, 9.17) is 4.74 Å². The highest BCUT2D eigenvalue weighted by Crippen LogP contribution is 2.52. The maximum atomic E-state index is 9.77. The van der Waals surface area contributed by atoms with Gasteiger partial charge in [-0.15, -0.1) is 0 Å². The maximum Gasteiger partial charge on any atom is 0.119 e. The highest BCUT2D eigenvalue weighted by atomic mass is 79.9. The molecular formula is C13H17BrO2. The molecule has 1 aromatic carbocycles. The summed E-state index contributed by atoms with van der Waals surface area (Å²) < 4.78 is 6.32. The molecule has 0 spiro atoms. The van der Waals surface area contributed by atoms with Gasteiger partial charge in [0.2, 0.25) is 0 Å². The molecule has 88 valence electrons. The summed E-state index contributed by atoms with van der Waals surface area (Å²) in [7, 11) is 1.68. The SMILES string of the molecule is COc1ccc(Br)c(CC2(C(C)O)CC2)c1. The third kappa shape index (κ3) is 2.25. The van der Waals surface area contributed by atoms with Crippen molar-refractivity contribution >= 4 is 15.9 Å². The van der Waals surface area contributed by atoms with Crippen molar-refractivity contribution in [3.8, 4) is 5.75 Å². The van der Waals surface area contributed by atoms with Gasteiger partial charge in [-0.05, 0) is 49.9 Å². The Hall–Kier alpha value is -0.540. The van der Waals surface area contributed by atoms with Gasteiger partial charge in [-0.2, -0.15) is 0 Å². The molecule has 1 atom stereocenters. The van der Waals surface area contributed by atoms with Gasteiger partial charge in [0, 0.05) is 9.89 Å². The molecule has 1 unspecified atom stereocenters. The molecular weight excluding hydrogens is 268 g/mol. The van der Waals surface area contributed by atoms with E-state index in [9.17, 15) is 5.11 Å². The van der Waals surface area contributed by atoms with Crippen LogP contribution in [0.25, 0.3) is 0 Å². The van der Waals surface area contributed by atoms with Crippen LogP contribution in [-0.4, -0.2) is 18.3 Å². The van der Waals surface area contributed by atoms with Crippen LogP contribution in [-0.2, 0) is 6.42 Å². The summed E-state index contributed by atoms with van der Waals surface area (Å²) in [6.07, 6.45) is 2.93. The standard InChI is InChI=1S/C13H17BrO2/c1-9(15)13(5-6-13)8-10-7-11(16-2)3-4-12(10)14/h3-4,7,9,15H,5-6,8H2,1-2H3. The van der Waals surface area contributed by atoms with Crippen LogP contribution >= 0.6 is 15.9 Å². The second kappa shape index (κ2) is 4.38. The van der Waals surface area contributed by atoms with E-state index in [0.29, 0.717) is 0 Å². The van der Waals surface area contributed by atoms with Gasteiger partial charge in [0.25, 0.3) is 0 Å². The lowest BCUT2D eigenvalue weighted by Crippen LogP contribution is -2.20. The molecule has 0 aliphatic heterocycles. The van der Waals surface area contributed by atoms with Crippen LogP contribution in [0.15, 0.2) is 22.7 Å². The molecule has 1 aliphatic carbocycles. The normalized spacial score (nSPS) is 19.2. The van der Waals surface area contributed by atoms with E-state index in [1.54, 1.807) is 7.11 Å². The predicted molar refractivity (Wildman–Crippen MR) is 67.7 cm³/mol. The van der Waals surface area contributed by atoms with Crippen LogP contribution in [0.5, 0.6) is 5.75 Å². The van der Waals surface area contributed by atoms with Gasteiger partial charge in [-0.1, -0.05) is 15.9 Å². The average Bonchev–Trinajstić information content (AvgIpc) is 3.02. The molecule has 2 rings (SSSR count). The smallest absolute Gasteiger partial charge is 0.119 e. The summed E-state index contributed by atoms with van der Waals surface area (Å²) >= 11 is 3.55. The summed E-state index contributed by atoms with van der Waals surface area (Å²) in [6.45, 7) is 1.89. The fourth-order valence-electron chi connectivity index (χ4n) is 2.10. The average molecular weight is 285 g/mol. The number of halogens is 1. The first-order valence-corrected chi connectivity index (χ1v) is 6.37. The second-order valence-electron chi connectivity index (χ2n) is 4.67. The molecule has 1 saturated carbocycles. The molecule has 1 N–H and O–H groups in total. The number of aliphatic hydroxyl groups excluding tert-OH is 1. The molecule has 0 aromatic heterocycles. The number of hydrogen-bond acceptors (Lipinski definition) is 2. The third-order valence-corrected chi connectivity index (χ3v) is 4.35. The van der Waals surface area contributed by atoms with Crippen molar-refractivity contribution in [1.29, 1.82) is 0 Å². The van der Waals surface area contributed by atoms with Crippen molar-refractivity contribution < 1.29 is 9.84 Å². The van der Waals surface area contributed by atoms with Crippen molar-refractivity contribution in [3.05, 3.63) is 28.2 Å². The van der Waals surface area contributed by atoms with Crippen LogP contribution in [0.1, 0.15) is 25.3 Å². The van der Waals surface area contributed by atoms with Crippen LogP contribution in [0.3, 0.4) is 0 Å². The first-order valence-electron chi connectivity index (χ1n) is 5.58. The van der Waals surface area contributed by atoms with Gasteiger partial charge >= 0.3 is 0 Å². The van der Waals surface area contributed by atoms with E-state index >= 15 is 0 Å². The molecule has 0 amide bonds. The Labute approximate surface area is 105 Å². The molecule has 1 fully saturated rings. The predicted octanol–water partition coefficient (Wildman–Crippen LogP) is 3.16. The van der Waals surface area contributed by atoms with Crippen LogP contribution in [0.4, 0.5) is 0 Å². The van der Waals surface area contributed by atoms with E-state index in [1.807, 2.05) is 25.1 Å². The highest BCUT2D eigenvalue weighted by molar-refractivity contribution is 9.10. The summed E-state index contributed by atoms with van der Waals surface area (Å²) in [5, 5.41) is 9.77. The van der Waals surface area contributed by atoms with Gasteiger partial charge in [-0.25, -0.2) is 0 Å². The van der Waals surface area contributed by atoms with Gasteiger partial charge in [-0.3, -0.25) is 0 Å². The van der Waals surface area contributed by atoms with Crippen LogP contribution in [0, 0.1) is 5.41 Å². The molecule has 0 saturated heterocycles. The summed E-state index contributed by atoms with van der Waals surface area (Å²) in [5.41, 5.74) is 1.33. The molecule has 0 heterocycles. The second-order valence-corrected chi connectivity index (χ2v) is 5.53. The Bertz CT molecular complexity index is 384. The minimum absolute atomic E-state index is 0.106. The van der Waals surface area contributed by atoms with Gasteiger partial charge in [0.1, 0.15) is 5.75 Å². The van der Waals surface area contributed by atoms with E-state index in [2.05, 4.69) is 15.9 Å². The lowest BCUT2D eigenvalue weighted by molar-refractivity contribution is 0.110. The van der Waals surface area contributed by atoms with E-state index in [1.165, 1.54) is 5.56 Å². The monoisotopic (exact) mass is 284 g/mol. The Morgan fingerprint density at radius 1 is 1.50 bits per heavy atom. The van der Waals surface area contributed by atoms with Gasteiger partial charge in [0.15, 0.2) is 0 Å². The third-order valence-electron chi connectivity index (χ3n) is 3.57. The highest BCUT2D eigenvalue weighted by Gasteiger charge is 2.46. The van der Waals surface area contributed by atoms with Crippen molar-refractivity contribution in [1.82, 2.24) is 0 Å². The minimum Gasteiger partial charge on any atom is -0.497 e. The Morgan fingerprint density at radius 3 is 2.69 bits per heavy atom. The maximum absolute atomic E-state index is 9.77. The Morgan fingerprint density at radius 2 is 2.19 bits per heavy atom. The first kappa shape index (κ1) is 11.9. The quantitative estimate of drug-likeness (QED) is 0.920. The zero-order valence-corrected chi connectivity index (χ0v) is 11.3. The zero-order valence-electron chi connectivity index (χ0n) is 9.66. The Balaban J connectivity index is 2.21. The number of methoxy groups -OCH3 is 1. The number of rotatable bonds is 4. The van der Waals surface area contributed by atoms with Gasteiger partial charge in [0.05, 0.1) is 13.2 Å². The van der Waals surface area contributed by atoms with Gasteiger partial charge < -0.3 is 9.84 Å². The lowest BCUT2D eigenvalue weighted by atomic mass is 9.91. The first-order chi connectivity index (χ1) is 7.57. The summed E-state index contributed by atoms with van der Waals surface area (Å²) in [5.74, 6) is 0.875. The molecule has 0 bridgehead atoms. The number of benzene rings is 1. The fourth-order valence-corrected chi connectivity index (χ4v) is 2.48. The van der Waals surface area contributed by atoms with Crippen molar-refractivity contribution in [3.63, 3.8) is 0 Å². The summed E-state index contributed by atoms with van der Waals surface area (Å²) in [4.78, 5) is 0. The topological polar surface area (TPSA) is 29.5 Å². The van der Waals surface area contributed by atoms with Crippen LogP contribution in [0.2, 0.25) is 0 Å². The fraction of sp³-hybridized carbons (Fsp3) is 0.538. The molecule has 16 heavy (non-hydrogen) atoms. The van der Waals surface area contributed by atoms with E-state index in [0.717, 1.165) is 29.5 Å². The molecule has 2 nitrogen and oxygen atoms in total. The summed E-state index contributed by atoms with van der Waals surface area (Å²) in [6, 6.07) is 5.99. The van der Waals surface area contributed by atoms with E-state index in [-0.39, 0.29) is 11.5 Å². The van der Waals surface area contributed by atoms with Crippen molar-refractivity contribution in [2.45, 2.75) is 32.3 Å². The molecule has 1 aliphatic rings. The number of aliphatic hydroxyl groups is 1. The van der Waals surface area contributed by atoms with E-state index < -0.39 is 0 Å². The largest absolute Gasteiger partial charge is 0.497 e.